The number of rotatable bonds is 5. The fraction of sp³-hybridized carbons (Fsp3) is 0.294. The van der Waals surface area contributed by atoms with E-state index in [1.54, 1.807) is 0 Å². The number of hydrogen-bond acceptors (Lipinski definition) is 1. The molecule has 2 rings (SSSR count). The Morgan fingerprint density at radius 3 is 2.17 bits per heavy atom. The molecule has 18 heavy (non-hydrogen) atoms. The van der Waals surface area contributed by atoms with Crippen molar-refractivity contribution in [3.8, 4) is 0 Å². The van der Waals surface area contributed by atoms with Gasteiger partial charge >= 0.3 is 0 Å². The fourth-order valence-electron chi connectivity index (χ4n) is 2.29. The van der Waals surface area contributed by atoms with Gasteiger partial charge in [0.05, 0.1) is 0 Å². The highest BCUT2D eigenvalue weighted by Gasteiger charge is 2.08. The van der Waals surface area contributed by atoms with E-state index in [1.165, 1.54) is 16.8 Å². The van der Waals surface area contributed by atoms with Crippen LogP contribution in [-0.2, 0) is 13.0 Å². The number of anilines is 1. The standard InChI is InChI=1S/C17H21N/c1-3-16-12-8-9-13-17(16)18(4-2)14-15-10-6-5-7-11-15/h5-13H,3-4,14H2,1-2H3. The van der Waals surface area contributed by atoms with Crippen molar-refractivity contribution >= 4 is 5.69 Å². The molecular formula is C17H21N. The molecule has 94 valence electrons. The Morgan fingerprint density at radius 2 is 1.50 bits per heavy atom. The summed E-state index contributed by atoms with van der Waals surface area (Å²) in [5.74, 6) is 0. The lowest BCUT2D eigenvalue weighted by atomic mass is 10.1. The second-order valence-electron chi connectivity index (χ2n) is 4.48. The summed E-state index contributed by atoms with van der Waals surface area (Å²) in [5.41, 5.74) is 4.16. The SMILES string of the molecule is CCc1ccccc1N(CC)Cc1ccccc1. The van der Waals surface area contributed by atoms with Crippen molar-refractivity contribution in [2.45, 2.75) is 26.8 Å². The van der Waals surface area contributed by atoms with Gasteiger partial charge in [0.15, 0.2) is 0 Å². The zero-order valence-electron chi connectivity index (χ0n) is 11.3. The first kappa shape index (κ1) is 12.7. The molecule has 2 aromatic rings. The average Bonchev–Trinajstić information content (AvgIpc) is 2.46. The van der Waals surface area contributed by atoms with Crippen molar-refractivity contribution in [3.05, 3.63) is 65.7 Å². The summed E-state index contributed by atoms with van der Waals surface area (Å²) in [6.45, 7) is 6.45. The van der Waals surface area contributed by atoms with E-state index in [4.69, 9.17) is 0 Å². The first-order chi connectivity index (χ1) is 8.85. The van der Waals surface area contributed by atoms with Crippen LogP contribution >= 0.6 is 0 Å². The van der Waals surface area contributed by atoms with E-state index in [-0.39, 0.29) is 0 Å². The molecule has 0 bridgehead atoms. The average molecular weight is 239 g/mol. The van der Waals surface area contributed by atoms with E-state index in [1.807, 2.05) is 0 Å². The van der Waals surface area contributed by atoms with Gasteiger partial charge in [-0.15, -0.1) is 0 Å². The monoisotopic (exact) mass is 239 g/mol. The minimum atomic E-state index is 0.981. The summed E-state index contributed by atoms with van der Waals surface area (Å²) >= 11 is 0. The highest BCUT2D eigenvalue weighted by molar-refractivity contribution is 5.54. The van der Waals surface area contributed by atoms with E-state index < -0.39 is 0 Å². The largest absolute Gasteiger partial charge is 0.367 e. The molecule has 0 fully saturated rings. The molecule has 0 spiro atoms. The molecule has 0 N–H and O–H groups in total. The molecule has 0 amide bonds. The first-order valence-electron chi connectivity index (χ1n) is 6.72. The van der Waals surface area contributed by atoms with E-state index in [9.17, 15) is 0 Å². The molecule has 0 heterocycles. The fourth-order valence-corrected chi connectivity index (χ4v) is 2.29. The number of para-hydroxylation sites is 1. The minimum absolute atomic E-state index is 0.981. The van der Waals surface area contributed by atoms with E-state index in [2.05, 4.69) is 73.3 Å². The van der Waals surface area contributed by atoms with Crippen LogP contribution in [-0.4, -0.2) is 6.54 Å². The van der Waals surface area contributed by atoms with Crippen LogP contribution in [0.1, 0.15) is 25.0 Å². The van der Waals surface area contributed by atoms with Gasteiger partial charge in [-0.3, -0.25) is 0 Å². The molecule has 0 aliphatic rings. The molecule has 0 atom stereocenters. The molecule has 2 aromatic carbocycles. The van der Waals surface area contributed by atoms with Crippen LogP contribution < -0.4 is 4.90 Å². The molecule has 1 heteroatoms. The van der Waals surface area contributed by atoms with Gasteiger partial charge in [0.2, 0.25) is 0 Å². The number of hydrogen-bond donors (Lipinski definition) is 0. The van der Waals surface area contributed by atoms with Gasteiger partial charge < -0.3 is 4.90 Å². The Labute approximate surface area is 110 Å². The zero-order chi connectivity index (χ0) is 12.8. The summed E-state index contributed by atoms with van der Waals surface area (Å²) in [6.07, 6.45) is 1.08. The van der Waals surface area contributed by atoms with Crippen molar-refractivity contribution in [2.75, 3.05) is 11.4 Å². The number of aryl methyl sites for hydroxylation is 1. The van der Waals surface area contributed by atoms with Gasteiger partial charge in [0, 0.05) is 18.8 Å². The molecule has 0 unspecified atom stereocenters. The Morgan fingerprint density at radius 1 is 0.833 bits per heavy atom. The third-order valence-corrected chi connectivity index (χ3v) is 3.31. The molecular weight excluding hydrogens is 218 g/mol. The van der Waals surface area contributed by atoms with Crippen LogP contribution in [0.5, 0.6) is 0 Å². The zero-order valence-corrected chi connectivity index (χ0v) is 11.3. The Hall–Kier alpha value is -1.76. The van der Waals surface area contributed by atoms with Crippen LogP contribution in [0.3, 0.4) is 0 Å². The smallest absolute Gasteiger partial charge is 0.0429 e. The summed E-state index contributed by atoms with van der Waals surface area (Å²) in [7, 11) is 0. The van der Waals surface area contributed by atoms with Gasteiger partial charge in [-0.2, -0.15) is 0 Å². The molecule has 0 aliphatic carbocycles. The van der Waals surface area contributed by atoms with Crippen LogP contribution in [0.15, 0.2) is 54.6 Å². The number of nitrogens with zero attached hydrogens (tertiary/aromatic N) is 1. The maximum Gasteiger partial charge on any atom is 0.0429 e. The lowest BCUT2D eigenvalue weighted by molar-refractivity contribution is 0.823. The highest BCUT2D eigenvalue weighted by atomic mass is 15.1. The van der Waals surface area contributed by atoms with E-state index in [0.29, 0.717) is 0 Å². The maximum absolute atomic E-state index is 2.44. The van der Waals surface area contributed by atoms with E-state index in [0.717, 1.165) is 19.5 Å². The van der Waals surface area contributed by atoms with Crippen molar-refractivity contribution in [3.63, 3.8) is 0 Å². The second-order valence-corrected chi connectivity index (χ2v) is 4.48. The summed E-state index contributed by atoms with van der Waals surface area (Å²) in [4.78, 5) is 2.44. The predicted molar refractivity (Wildman–Crippen MR) is 79.0 cm³/mol. The first-order valence-corrected chi connectivity index (χ1v) is 6.72. The van der Waals surface area contributed by atoms with Crippen LogP contribution in [0.25, 0.3) is 0 Å². The Balaban J connectivity index is 2.23. The lowest BCUT2D eigenvalue weighted by Gasteiger charge is -2.25. The summed E-state index contributed by atoms with van der Waals surface area (Å²) < 4.78 is 0. The van der Waals surface area contributed by atoms with Crippen molar-refractivity contribution in [2.24, 2.45) is 0 Å². The van der Waals surface area contributed by atoms with Crippen LogP contribution in [0.4, 0.5) is 5.69 Å². The molecule has 0 radical (unpaired) electrons. The second kappa shape index (κ2) is 6.25. The molecule has 0 saturated heterocycles. The minimum Gasteiger partial charge on any atom is -0.367 e. The van der Waals surface area contributed by atoms with Crippen molar-refractivity contribution in [1.82, 2.24) is 0 Å². The van der Waals surface area contributed by atoms with Gasteiger partial charge in [-0.05, 0) is 30.5 Å². The summed E-state index contributed by atoms with van der Waals surface area (Å²) in [6, 6.07) is 19.4. The highest BCUT2D eigenvalue weighted by Crippen LogP contribution is 2.22. The third-order valence-electron chi connectivity index (χ3n) is 3.31. The third kappa shape index (κ3) is 2.92. The molecule has 1 nitrogen and oxygen atoms in total. The van der Waals surface area contributed by atoms with Crippen LogP contribution in [0.2, 0.25) is 0 Å². The van der Waals surface area contributed by atoms with Gasteiger partial charge in [0.1, 0.15) is 0 Å². The van der Waals surface area contributed by atoms with E-state index >= 15 is 0 Å². The number of benzene rings is 2. The molecule has 0 aromatic heterocycles. The van der Waals surface area contributed by atoms with Crippen molar-refractivity contribution in [1.29, 1.82) is 0 Å². The lowest BCUT2D eigenvalue weighted by Crippen LogP contribution is -2.23. The van der Waals surface area contributed by atoms with Gasteiger partial charge in [-0.25, -0.2) is 0 Å². The quantitative estimate of drug-likeness (QED) is 0.753. The maximum atomic E-state index is 2.44. The Bertz CT molecular complexity index is 476. The van der Waals surface area contributed by atoms with Gasteiger partial charge in [0.25, 0.3) is 0 Å². The predicted octanol–water partition coefficient (Wildman–Crippen LogP) is 4.28. The van der Waals surface area contributed by atoms with Gasteiger partial charge in [-0.1, -0.05) is 55.5 Å². The molecule has 0 aliphatic heterocycles. The van der Waals surface area contributed by atoms with Crippen LogP contribution in [0, 0.1) is 0 Å². The Kier molecular flexibility index (Phi) is 4.40. The normalized spacial score (nSPS) is 10.3. The topological polar surface area (TPSA) is 3.24 Å². The van der Waals surface area contributed by atoms with Crippen molar-refractivity contribution < 1.29 is 0 Å². The molecule has 0 saturated carbocycles. The summed E-state index contributed by atoms with van der Waals surface area (Å²) in [5, 5.41) is 0.